The first-order valence-electron chi connectivity index (χ1n) is 8.57. The molecule has 0 unspecified atom stereocenters. The Bertz CT molecular complexity index is 777. The number of hydrogen-bond donors (Lipinski definition) is 1. The number of rotatable bonds is 5. The molecule has 1 fully saturated rings. The third-order valence-corrected chi connectivity index (χ3v) is 4.61. The number of para-hydroxylation sites is 1. The molecule has 0 aliphatic carbocycles. The molecule has 25 heavy (non-hydrogen) atoms. The number of aromatic nitrogens is 2. The minimum absolute atomic E-state index is 0.0222. The fourth-order valence-corrected chi connectivity index (χ4v) is 3.27. The largest absolute Gasteiger partial charge is 0.376 e. The highest BCUT2D eigenvalue weighted by Gasteiger charge is 2.29. The summed E-state index contributed by atoms with van der Waals surface area (Å²) in [4.78, 5) is 25.1. The van der Waals surface area contributed by atoms with Crippen molar-refractivity contribution in [1.29, 1.82) is 0 Å². The third-order valence-electron chi connectivity index (χ3n) is 4.61. The summed E-state index contributed by atoms with van der Waals surface area (Å²) in [5.41, 5.74) is 2.43. The van der Waals surface area contributed by atoms with Crippen molar-refractivity contribution in [1.82, 2.24) is 15.1 Å². The van der Waals surface area contributed by atoms with Crippen molar-refractivity contribution in [3.63, 3.8) is 0 Å². The first kappa shape index (κ1) is 17.4. The van der Waals surface area contributed by atoms with Crippen LogP contribution in [0.15, 0.2) is 30.3 Å². The van der Waals surface area contributed by atoms with Gasteiger partial charge in [0, 0.05) is 6.61 Å². The van der Waals surface area contributed by atoms with Crippen molar-refractivity contribution in [2.75, 3.05) is 6.61 Å². The molecular formula is C19H23N3O3. The highest BCUT2D eigenvalue weighted by atomic mass is 16.5. The predicted molar refractivity (Wildman–Crippen MR) is 93.9 cm³/mol. The monoisotopic (exact) mass is 341 g/mol. The molecule has 3 rings (SSSR count). The van der Waals surface area contributed by atoms with Gasteiger partial charge in [-0.05, 0) is 45.7 Å². The SMILES string of the molecule is Cc1nn(-c2ccccc2)c(C)c1C(=O)C(=O)N[C@@H](C)[C@@H]1CCCO1. The predicted octanol–water partition coefficient (Wildman–Crippen LogP) is 2.36. The molecule has 0 bridgehead atoms. The topological polar surface area (TPSA) is 73.2 Å². The van der Waals surface area contributed by atoms with E-state index in [1.807, 2.05) is 37.3 Å². The second-order valence-corrected chi connectivity index (χ2v) is 6.44. The van der Waals surface area contributed by atoms with E-state index >= 15 is 0 Å². The van der Waals surface area contributed by atoms with Crippen LogP contribution < -0.4 is 5.32 Å². The second kappa shape index (κ2) is 7.19. The molecule has 132 valence electrons. The minimum atomic E-state index is -0.609. The number of nitrogens with zero attached hydrogens (tertiary/aromatic N) is 2. The van der Waals surface area contributed by atoms with Gasteiger partial charge in [-0.3, -0.25) is 9.59 Å². The highest BCUT2D eigenvalue weighted by Crippen LogP contribution is 2.19. The van der Waals surface area contributed by atoms with Gasteiger partial charge >= 0.3 is 0 Å². The lowest BCUT2D eigenvalue weighted by atomic mass is 10.1. The van der Waals surface area contributed by atoms with Crippen molar-refractivity contribution in [3.8, 4) is 5.69 Å². The zero-order chi connectivity index (χ0) is 18.0. The van der Waals surface area contributed by atoms with E-state index in [-0.39, 0.29) is 12.1 Å². The van der Waals surface area contributed by atoms with Gasteiger partial charge in [0.25, 0.3) is 11.7 Å². The number of ether oxygens (including phenoxy) is 1. The fourth-order valence-electron chi connectivity index (χ4n) is 3.27. The molecule has 0 spiro atoms. The number of benzene rings is 1. The van der Waals surface area contributed by atoms with E-state index < -0.39 is 11.7 Å². The molecule has 1 amide bonds. The molecule has 6 heteroatoms. The summed E-state index contributed by atoms with van der Waals surface area (Å²) in [6.45, 7) is 6.13. The Kier molecular flexibility index (Phi) is 4.99. The lowest BCUT2D eigenvalue weighted by molar-refractivity contribution is -0.118. The molecule has 6 nitrogen and oxygen atoms in total. The third kappa shape index (κ3) is 3.49. The number of carbonyl (C=O) groups is 2. The normalized spacial score (nSPS) is 18.1. The fraction of sp³-hybridized carbons (Fsp3) is 0.421. The van der Waals surface area contributed by atoms with Crippen molar-refractivity contribution in [3.05, 3.63) is 47.3 Å². The van der Waals surface area contributed by atoms with Crippen LogP contribution in [0.4, 0.5) is 0 Å². The maximum Gasteiger partial charge on any atom is 0.292 e. The van der Waals surface area contributed by atoms with Crippen molar-refractivity contribution >= 4 is 11.7 Å². The molecule has 0 radical (unpaired) electrons. The molecule has 1 aliphatic rings. The lowest BCUT2D eigenvalue weighted by Gasteiger charge is -2.19. The van der Waals surface area contributed by atoms with Gasteiger partial charge in [0.1, 0.15) is 0 Å². The molecule has 1 saturated heterocycles. The average molecular weight is 341 g/mol. The summed E-state index contributed by atoms with van der Waals surface area (Å²) in [7, 11) is 0. The summed E-state index contributed by atoms with van der Waals surface area (Å²) in [6, 6.07) is 9.36. The number of nitrogens with one attached hydrogen (secondary N) is 1. The van der Waals surface area contributed by atoms with Gasteiger partial charge in [0.05, 0.1) is 34.8 Å². The first-order valence-corrected chi connectivity index (χ1v) is 8.57. The van der Waals surface area contributed by atoms with Crippen LogP contribution in [-0.4, -0.2) is 40.2 Å². The van der Waals surface area contributed by atoms with Gasteiger partial charge in [0.15, 0.2) is 0 Å². The van der Waals surface area contributed by atoms with Gasteiger partial charge in [0.2, 0.25) is 0 Å². The smallest absolute Gasteiger partial charge is 0.292 e. The zero-order valence-electron chi connectivity index (χ0n) is 14.8. The van der Waals surface area contributed by atoms with E-state index in [4.69, 9.17) is 4.74 Å². The number of Topliss-reactive ketones (excluding diaryl/α,β-unsaturated/α-hetero) is 1. The van der Waals surface area contributed by atoms with Crippen LogP contribution in [0, 0.1) is 13.8 Å². The number of carbonyl (C=O) groups excluding carboxylic acids is 2. The molecular weight excluding hydrogens is 318 g/mol. The number of amides is 1. The Morgan fingerprint density at radius 1 is 1.28 bits per heavy atom. The molecule has 0 saturated carbocycles. The maximum atomic E-state index is 12.7. The summed E-state index contributed by atoms with van der Waals surface area (Å²) in [6.07, 6.45) is 1.87. The van der Waals surface area contributed by atoms with Gasteiger partial charge in [-0.15, -0.1) is 0 Å². The lowest BCUT2D eigenvalue weighted by Crippen LogP contribution is -2.44. The Labute approximate surface area is 147 Å². The van der Waals surface area contributed by atoms with Gasteiger partial charge in [-0.1, -0.05) is 18.2 Å². The van der Waals surface area contributed by atoms with Crippen LogP contribution in [0.5, 0.6) is 0 Å². The van der Waals surface area contributed by atoms with Crippen LogP contribution >= 0.6 is 0 Å². The van der Waals surface area contributed by atoms with Crippen molar-refractivity contribution in [2.45, 2.75) is 45.8 Å². The van der Waals surface area contributed by atoms with Crippen LogP contribution in [0.2, 0.25) is 0 Å². The molecule has 1 N–H and O–H groups in total. The summed E-state index contributed by atoms with van der Waals surface area (Å²) < 4.78 is 7.26. The minimum Gasteiger partial charge on any atom is -0.376 e. The molecule has 2 aromatic rings. The van der Waals surface area contributed by atoms with E-state index in [9.17, 15) is 9.59 Å². The van der Waals surface area contributed by atoms with E-state index in [2.05, 4.69) is 10.4 Å². The second-order valence-electron chi connectivity index (χ2n) is 6.44. The van der Waals surface area contributed by atoms with Gasteiger partial charge < -0.3 is 10.1 Å². The first-order chi connectivity index (χ1) is 12.0. The van der Waals surface area contributed by atoms with Crippen molar-refractivity contribution < 1.29 is 14.3 Å². The Morgan fingerprint density at radius 2 is 2.00 bits per heavy atom. The molecule has 2 atom stereocenters. The van der Waals surface area contributed by atoms with E-state index in [0.29, 0.717) is 23.6 Å². The molecule has 2 heterocycles. The Morgan fingerprint density at radius 3 is 2.64 bits per heavy atom. The summed E-state index contributed by atoms with van der Waals surface area (Å²) in [5, 5.41) is 7.20. The van der Waals surface area contributed by atoms with Crippen molar-refractivity contribution in [2.24, 2.45) is 0 Å². The Balaban J connectivity index is 1.80. The van der Waals surface area contributed by atoms with Crippen LogP contribution in [-0.2, 0) is 9.53 Å². The molecule has 1 aliphatic heterocycles. The quantitative estimate of drug-likeness (QED) is 0.669. The van der Waals surface area contributed by atoms with Gasteiger partial charge in [-0.25, -0.2) is 4.68 Å². The van der Waals surface area contributed by atoms with E-state index in [1.54, 1.807) is 18.5 Å². The highest BCUT2D eigenvalue weighted by molar-refractivity contribution is 6.43. The van der Waals surface area contributed by atoms with E-state index in [0.717, 1.165) is 18.5 Å². The van der Waals surface area contributed by atoms with Crippen LogP contribution in [0.25, 0.3) is 5.69 Å². The number of ketones is 1. The maximum absolute atomic E-state index is 12.7. The van der Waals surface area contributed by atoms with Crippen LogP contribution in [0.1, 0.15) is 41.5 Å². The summed E-state index contributed by atoms with van der Waals surface area (Å²) >= 11 is 0. The number of hydrogen-bond acceptors (Lipinski definition) is 4. The Hall–Kier alpha value is -2.47. The average Bonchev–Trinajstić information content (AvgIpc) is 3.23. The zero-order valence-corrected chi connectivity index (χ0v) is 14.8. The number of aryl methyl sites for hydroxylation is 1. The van der Waals surface area contributed by atoms with E-state index in [1.165, 1.54) is 0 Å². The molecule has 1 aromatic carbocycles. The standard InChI is InChI=1S/C19H23N3O3/c1-12(16-10-7-11-25-16)20-19(24)18(23)17-13(2)21-22(14(17)3)15-8-5-4-6-9-15/h4-6,8-9,12,16H,7,10-11H2,1-3H3,(H,20,24)/t12-,16-/m0/s1. The summed E-state index contributed by atoms with van der Waals surface area (Å²) in [5.74, 6) is -1.16. The molecule has 1 aromatic heterocycles. The van der Waals surface area contributed by atoms with Gasteiger partial charge in [-0.2, -0.15) is 5.10 Å². The van der Waals surface area contributed by atoms with Crippen LogP contribution in [0.3, 0.4) is 0 Å².